The van der Waals surface area contributed by atoms with Gasteiger partial charge < -0.3 is 0 Å². The summed E-state index contributed by atoms with van der Waals surface area (Å²) >= 11 is 2.65. The van der Waals surface area contributed by atoms with E-state index in [2.05, 4.69) is 102 Å². The van der Waals surface area contributed by atoms with Gasteiger partial charge in [0.2, 0.25) is 0 Å². The molecule has 2 aromatic carbocycles. The van der Waals surface area contributed by atoms with Crippen molar-refractivity contribution in [1.29, 1.82) is 0 Å². The molecule has 0 aliphatic carbocycles. The van der Waals surface area contributed by atoms with Crippen LogP contribution in [-0.2, 0) is 39.0 Å². The topological polar surface area (TPSA) is 0 Å². The second-order valence-electron chi connectivity index (χ2n) is 7.46. The summed E-state index contributed by atoms with van der Waals surface area (Å²) in [5, 5.41) is 0. The molecule has 2 aromatic rings. The van der Waals surface area contributed by atoms with Crippen LogP contribution in [0.15, 0.2) is 80.5 Å². The molecule has 0 unspecified atom stereocenters. The second kappa shape index (κ2) is 16.4. The van der Waals surface area contributed by atoms with Gasteiger partial charge in [-0.3, -0.25) is 0 Å². The van der Waals surface area contributed by atoms with Crippen molar-refractivity contribution in [3.63, 3.8) is 0 Å². The van der Waals surface area contributed by atoms with Gasteiger partial charge in [0, 0.05) is 0 Å². The first kappa shape index (κ1) is 29.8. The molecular formula is C26H32As4Zr. The van der Waals surface area contributed by atoms with E-state index in [1.54, 1.807) is 29.3 Å². The zero-order valence-corrected chi connectivity index (χ0v) is 29.4. The van der Waals surface area contributed by atoms with Gasteiger partial charge in [-0.25, -0.2) is 0 Å². The average Bonchev–Trinajstić information content (AvgIpc) is 3.24. The summed E-state index contributed by atoms with van der Waals surface area (Å²) in [5.41, 5.74) is 6.09. The Balaban J connectivity index is 0.000000245. The van der Waals surface area contributed by atoms with Crippen LogP contribution in [0.25, 0.3) is 0 Å². The smallest absolute Gasteiger partial charge is 0.0622 e. The Bertz CT molecular complexity index is 837. The van der Waals surface area contributed by atoms with Gasteiger partial charge in [-0.15, -0.1) is 0 Å². The Morgan fingerprint density at radius 3 is 1.10 bits per heavy atom. The molecular weight excluding hydrogens is 703 g/mol. The van der Waals surface area contributed by atoms with Gasteiger partial charge in [0.15, 0.2) is 0 Å². The number of rotatable bonds is 3. The molecule has 0 saturated carbocycles. The molecule has 0 radical (unpaired) electrons. The summed E-state index contributed by atoms with van der Waals surface area (Å²) in [5.74, 6) is 0. The summed E-state index contributed by atoms with van der Waals surface area (Å²) in [6.45, 7) is 13.7. The zero-order chi connectivity index (χ0) is 21.9. The number of allylic oxidation sites excluding steroid dienone is 4. The maximum Gasteiger partial charge on any atom is 2.00 e. The van der Waals surface area contributed by atoms with Crippen LogP contribution in [0, 0.1) is 9.41 Å². The second-order valence-corrected chi connectivity index (χ2v) is 23.5. The fraction of sp³-hybridized carbons (Fsp3) is 0.308. The minimum atomic E-state index is 0. The van der Waals surface area contributed by atoms with Crippen molar-refractivity contribution in [2.45, 2.75) is 54.4 Å². The van der Waals surface area contributed by atoms with Crippen LogP contribution in [0.5, 0.6) is 0 Å². The molecule has 2 aliphatic rings. The molecule has 2 aliphatic heterocycles. The Kier molecular flexibility index (Phi) is 15.8. The van der Waals surface area contributed by atoms with Crippen LogP contribution in [0.2, 0.25) is 0 Å². The molecule has 5 heteroatoms. The molecule has 0 fully saturated rings. The molecule has 2 heterocycles. The molecule has 160 valence electrons. The molecule has 0 N–H and O–H groups in total. The van der Waals surface area contributed by atoms with Crippen LogP contribution in [-0.4, -0.2) is 52.6 Å². The Labute approximate surface area is 231 Å². The Morgan fingerprint density at radius 2 is 0.903 bits per heavy atom. The van der Waals surface area contributed by atoms with Crippen molar-refractivity contribution in [2.24, 2.45) is 0 Å². The molecule has 0 nitrogen and oxygen atoms in total. The first-order chi connectivity index (χ1) is 14.4. The fourth-order valence-electron chi connectivity index (χ4n) is 2.70. The Hall–Kier alpha value is 0.777. The average molecular weight is 735 g/mol. The monoisotopic (exact) mass is 734 g/mol. The van der Waals surface area contributed by atoms with E-state index in [0.29, 0.717) is 52.6 Å². The minimum absolute atomic E-state index is 0. The summed E-state index contributed by atoms with van der Waals surface area (Å²) in [7, 11) is 0. The van der Waals surface area contributed by atoms with Crippen LogP contribution >= 0.6 is 0 Å². The number of hydrogen-bond acceptors (Lipinski definition) is 0. The maximum atomic E-state index is 2.29. The third-order valence-electron chi connectivity index (χ3n) is 5.26. The van der Waals surface area contributed by atoms with Crippen molar-refractivity contribution < 1.29 is 26.2 Å². The van der Waals surface area contributed by atoms with Gasteiger partial charge in [0.05, 0.1) is 0 Å². The van der Waals surface area contributed by atoms with Gasteiger partial charge in [-0.1, -0.05) is 60.7 Å². The van der Waals surface area contributed by atoms with E-state index in [0.717, 1.165) is 12.8 Å². The van der Waals surface area contributed by atoms with Crippen molar-refractivity contribution in [3.05, 3.63) is 101 Å². The third kappa shape index (κ3) is 11.2. The minimum Gasteiger partial charge on any atom is -0.0622 e. The summed E-state index contributed by atoms with van der Waals surface area (Å²) < 4.78 is 6.88. The predicted molar refractivity (Wildman–Crippen MR) is 138 cm³/mol. The van der Waals surface area contributed by atoms with E-state index >= 15 is 0 Å². The van der Waals surface area contributed by atoms with Crippen molar-refractivity contribution in [3.8, 4) is 0 Å². The normalized spacial score (nSPS) is 16.2. The maximum absolute atomic E-state index is 2.29. The summed E-state index contributed by atoms with van der Waals surface area (Å²) in [6.07, 6.45) is 2.26. The summed E-state index contributed by atoms with van der Waals surface area (Å²) in [4.78, 5) is 0. The van der Waals surface area contributed by atoms with Crippen LogP contribution < -0.4 is 0 Å². The van der Waals surface area contributed by atoms with Gasteiger partial charge >= 0.3 is 150 Å². The molecule has 4 rings (SSSR count). The van der Waals surface area contributed by atoms with Crippen LogP contribution in [0.1, 0.15) is 52.7 Å². The van der Waals surface area contributed by atoms with Crippen LogP contribution in [0.3, 0.4) is 0 Å². The molecule has 0 bridgehead atoms. The molecule has 0 aromatic heterocycles. The van der Waals surface area contributed by atoms with E-state index in [1.807, 2.05) is 0 Å². The van der Waals surface area contributed by atoms with Gasteiger partial charge in [0.1, 0.15) is 0 Å². The van der Waals surface area contributed by atoms with E-state index in [1.165, 1.54) is 11.1 Å². The van der Waals surface area contributed by atoms with Crippen molar-refractivity contribution in [2.75, 3.05) is 0 Å². The fourth-order valence-corrected chi connectivity index (χ4v) is 20.5. The molecule has 31 heavy (non-hydrogen) atoms. The van der Waals surface area contributed by atoms with E-state index in [4.69, 9.17) is 0 Å². The number of hydrogen-bond donors (Lipinski definition) is 0. The summed E-state index contributed by atoms with van der Waals surface area (Å²) in [6, 6.07) is 21.2. The third-order valence-corrected chi connectivity index (χ3v) is 26.3. The molecule has 0 amide bonds. The van der Waals surface area contributed by atoms with Gasteiger partial charge in [0.25, 0.3) is 0 Å². The number of aryl methyl sites for hydroxylation is 2. The van der Waals surface area contributed by atoms with E-state index < -0.39 is 0 Å². The quantitative estimate of drug-likeness (QED) is 0.276. The zero-order valence-electron chi connectivity index (χ0n) is 19.5. The largest absolute Gasteiger partial charge is 2.00 e. The Morgan fingerprint density at radius 1 is 0.581 bits per heavy atom. The number of benzene rings is 2. The molecule has 0 atom stereocenters. The van der Waals surface area contributed by atoms with Crippen molar-refractivity contribution in [1.82, 2.24) is 0 Å². The van der Waals surface area contributed by atoms with Crippen LogP contribution in [0.4, 0.5) is 0 Å². The van der Waals surface area contributed by atoms with E-state index in [-0.39, 0.29) is 26.2 Å². The molecule has 0 spiro atoms. The van der Waals surface area contributed by atoms with Gasteiger partial charge in [-0.2, -0.15) is 0 Å². The molecule has 0 saturated heterocycles. The SMILES string of the molecule is CC1=C(C)[C-](C)[As]=[As]1.CC1=C(C)[C-](C)[As]=[As]1.[Zr+2].c1ccc(CCc2ccccc2)cc1. The van der Waals surface area contributed by atoms with Crippen molar-refractivity contribution >= 4 is 52.6 Å². The van der Waals surface area contributed by atoms with Gasteiger partial charge in [-0.05, 0) is 24.0 Å². The predicted octanol–water partition coefficient (Wildman–Crippen LogP) is 5.81. The standard InChI is InChI=1S/C14H14.2C6H9As2.Zr/c1-3-7-13(8-4-1)11-12-14-9-5-2-6-10-14;2*1-4-5(2)7-8-6(4)3;/h1-10H,11-12H2;2*1-3H3;/q;2*-1;+2. The first-order valence-corrected chi connectivity index (χ1v) is 24.5. The van der Waals surface area contributed by atoms with E-state index in [9.17, 15) is 0 Å². The first-order valence-electron chi connectivity index (χ1n) is 10.3.